The standard InChI is InChI=1S/C13H19N5O2/c1-3-20-13(19)12(15-7-4-8-17-18-14)11-6-5-10(2)16-9-11/h5-6,9,12,15H,3-4,7-8H2,1-2H3. The lowest BCUT2D eigenvalue weighted by Gasteiger charge is -2.17. The number of rotatable bonds is 8. The molecule has 0 aromatic carbocycles. The number of hydrogen-bond acceptors (Lipinski definition) is 5. The van der Waals surface area contributed by atoms with Gasteiger partial charge >= 0.3 is 5.97 Å². The molecule has 1 aromatic heterocycles. The van der Waals surface area contributed by atoms with Gasteiger partial charge in [-0.05, 0) is 44.0 Å². The van der Waals surface area contributed by atoms with Crippen molar-refractivity contribution >= 4 is 5.97 Å². The fourth-order valence-corrected chi connectivity index (χ4v) is 1.65. The zero-order valence-corrected chi connectivity index (χ0v) is 11.7. The molecule has 7 nitrogen and oxygen atoms in total. The molecule has 0 amide bonds. The Morgan fingerprint density at radius 3 is 3.00 bits per heavy atom. The molecular formula is C13H19N5O2. The number of carbonyl (C=O) groups is 1. The molecule has 108 valence electrons. The lowest BCUT2D eigenvalue weighted by molar-refractivity contribution is -0.145. The Morgan fingerprint density at radius 1 is 1.60 bits per heavy atom. The van der Waals surface area contributed by atoms with Gasteiger partial charge in [-0.15, -0.1) is 0 Å². The van der Waals surface area contributed by atoms with Crippen molar-refractivity contribution in [1.82, 2.24) is 10.3 Å². The summed E-state index contributed by atoms with van der Waals surface area (Å²) in [5, 5.41) is 6.55. The number of esters is 1. The van der Waals surface area contributed by atoms with Crippen LogP contribution in [0, 0.1) is 6.92 Å². The Bertz CT molecular complexity index is 468. The van der Waals surface area contributed by atoms with E-state index in [1.165, 1.54) is 0 Å². The Balaban J connectivity index is 2.67. The van der Waals surface area contributed by atoms with E-state index in [1.54, 1.807) is 13.1 Å². The van der Waals surface area contributed by atoms with Crippen LogP contribution in [0.15, 0.2) is 23.4 Å². The number of azide groups is 1. The highest BCUT2D eigenvalue weighted by molar-refractivity contribution is 5.77. The second-order valence-corrected chi connectivity index (χ2v) is 4.18. The van der Waals surface area contributed by atoms with Crippen LogP contribution in [0.1, 0.15) is 30.6 Å². The molecule has 0 aliphatic heterocycles. The van der Waals surface area contributed by atoms with E-state index >= 15 is 0 Å². The average molecular weight is 277 g/mol. The van der Waals surface area contributed by atoms with Gasteiger partial charge in [0.1, 0.15) is 6.04 Å². The van der Waals surface area contributed by atoms with Gasteiger partial charge in [-0.1, -0.05) is 11.2 Å². The van der Waals surface area contributed by atoms with Gasteiger partial charge in [-0.3, -0.25) is 4.98 Å². The van der Waals surface area contributed by atoms with Gasteiger partial charge in [-0.25, -0.2) is 4.79 Å². The molecule has 1 rings (SSSR count). The van der Waals surface area contributed by atoms with Crippen molar-refractivity contribution in [2.45, 2.75) is 26.3 Å². The van der Waals surface area contributed by atoms with Gasteiger partial charge in [0.05, 0.1) is 6.61 Å². The van der Waals surface area contributed by atoms with E-state index in [1.807, 2.05) is 19.1 Å². The summed E-state index contributed by atoms with van der Waals surface area (Å²) >= 11 is 0. The molecule has 0 aliphatic rings. The molecule has 1 N–H and O–H groups in total. The number of aryl methyl sites for hydroxylation is 1. The minimum Gasteiger partial charge on any atom is -0.465 e. The second-order valence-electron chi connectivity index (χ2n) is 4.18. The maximum atomic E-state index is 12.0. The fourth-order valence-electron chi connectivity index (χ4n) is 1.65. The molecule has 7 heteroatoms. The highest BCUT2D eigenvalue weighted by Gasteiger charge is 2.21. The zero-order valence-electron chi connectivity index (χ0n) is 11.7. The minimum atomic E-state index is -0.547. The topological polar surface area (TPSA) is 100.0 Å². The van der Waals surface area contributed by atoms with E-state index in [2.05, 4.69) is 20.3 Å². The number of nitrogens with zero attached hydrogens (tertiary/aromatic N) is 4. The minimum absolute atomic E-state index is 0.328. The normalized spacial score (nSPS) is 11.5. The van der Waals surface area contributed by atoms with Crippen molar-refractivity contribution in [2.24, 2.45) is 5.11 Å². The van der Waals surface area contributed by atoms with Gasteiger partial charge in [0.25, 0.3) is 0 Å². The first-order chi connectivity index (χ1) is 9.69. The fraction of sp³-hybridized carbons (Fsp3) is 0.538. The van der Waals surface area contributed by atoms with Gasteiger partial charge in [-0.2, -0.15) is 0 Å². The van der Waals surface area contributed by atoms with Crippen LogP contribution < -0.4 is 5.32 Å². The number of aromatic nitrogens is 1. The van der Waals surface area contributed by atoms with E-state index in [0.717, 1.165) is 11.3 Å². The Morgan fingerprint density at radius 2 is 2.40 bits per heavy atom. The molecule has 20 heavy (non-hydrogen) atoms. The average Bonchev–Trinajstić information content (AvgIpc) is 2.44. The van der Waals surface area contributed by atoms with Crippen LogP contribution >= 0.6 is 0 Å². The monoisotopic (exact) mass is 277 g/mol. The number of ether oxygens (including phenoxy) is 1. The van der Waals surface area contributed by atoms with E-state index in [9.17, 15) is 4.79 Å². The van der Waals surface area contributed by atoms with E-state index in [0.29, 0.717) is 26.1 Å². The third-order valence-electron chi connectivity index (χ3n) is 2.64. The summed E-state index contributed by atoms with van der Waals surface area (Å²) in [4.78, 5) is 18.8. The van der Waals surface area contributed by atoms with E-state index in [4.69, 9.17) is 10.3 Å². The molecule has 0 fully saturated rings. The molecule has 1 atom stereocenters. The molecule has 0 aliphatic carbocycles. The van der Waals surface area contributed by atoms with Crippen LogP contribution in [-0.4, -0.2) is 30.6 Å². The molecule has 0 bridgehead atoms. The van der Waals surface area contributed by atoms with Crippen molar-refractivity contribution < 1.29 is 9.53 Å². The molecule has 0 spiro atoms. The van der Waals surface area contributed by atoms with E-state index < -0.39 is 6.04 Å². The first-order valence-electron chi connectivity index (χ1n) is 6.52. The van der Waals surface area contributed by atoms with Gasteiger partial charge in [0, 0.05) is 23.3 Å². The largest absolute Gasteiger partial charge is 0.465 e. The van der Waals surface area contributed by atoms with Gasteiger partial charge in [0.2, 0.25) is 0 Å². The molecule has 1 heterocycles. The zero-order chi connectivity index (χ0) is 14.8. The molecular weight excluding hydrogens is 258 g/mol. The third kappa shape index (κ3) is 5.26. The first kappa shape index (κ1) is 15.9. The third-order valence-corrected chi connectivity index (χ3v) is 2.64. The summed E-state index contributed by atoms with van der Waals surface area (Å²) in [6.45, 7) is 4.93. The van der Waals surface area contributed by atoms with Crippen LogP contribution in [-0.2, 0) is 9.53 Å². The van der Waals surface area contributed by atoms with Crippen LogP contribution in [0.5, 0.6) is 0 Å². The predicted molar refractivity (Wildman–Crippen MR) is 75.0 cm³/mol. The molecule has 0 saturated carbocycles. The quantitative estimate of drug-likeness (QED) is 0.259. The highest BCUT2D eigenvalue weighted by atomic mass is 16.5. The smallest absolute Gasteiger partial charge is 0.327 e. The second kappa shape index (κ2) is 8.90. The van der Waals surface area contributed by atoms with Crippen molar-refractivity contribution in [3.05, 3.63) is 40.0 Å². The number of hydrogen-bond donors (Lipinski definition) is 1. The Kier molecular flexibility index (Phi) is 7.10. The summed E-state index contributed by atoms with van der Waals surface area (Å²) in [6.07, 6.45) is 2.32. The van der Waals surface area contributed by atoms with Crippen molar-refractivity contribution in [1.29, 1.82) is 0 Å². The molecule has 1 aromatic rings. The van der Waals surface area contributed by atoms with Crippen LogP contribution in [0.4, 0.5) is 0 Å². The maximum Gasteiger partial charge on any atom is 0.327 e. The van der Waals surface area contributed by atoms with Crippen molar-refractivity contribution in [3.8, 4) is 0 Å². The summed E-state index contributed by atoms with van der Waals surface area (Å²) in [6, 6.07) is 3.15. The Hall–Kier alpha value is -2.11. The lowest BCUT2D eigenvalue weighted by Crippen LogP contribution is -2.31. The van der Waals surface area contributed by atoms with Crippen molar-refractivity contribution in [3.63, 3.8) is 0 Å². The summed E-state index contributed by atoms with van der Waals surface area (Å²) in [5.41, 5.74) is 9.84. The first-order valence-corrected chi connectivity index (χ1v) is 6.52. The van der Waals surface area contributed by atoms with E-state index in [-0.39, 0.29) is 5.97 Å². The molecule has 0 saturated heterocycles. The van der Waals surface area contributed by atoms with Crippen molar-refractivity contribution in [2.75, 3.05) is 19.7 Å². The van der Waals surface area contributed by atoms with Gasteiger partial charge in [0.15, 0.2) is 0 Å². The SMILES string of the molecule is CCOC(=O)C(NCCCN=[N+]=[N-])c1ccc(C)nc1. The summed E-state index contributed by atoms with van der Waals surface area (Å²) in [5.74, 6) is -0.332. The predicted octanol–water partition coefficient (Wildman–Crippen LogP) is 2.28. The summed E-state index contributed by atoms with van der Waals surface area (Å²) < 4.78 is 5.06. The number of pyridine rings is 1. The number of carbonyl (C=O) groups excluding carboxylic acids is 1. The van der Waals surface area contributed by atoms with Crippen LogP contribution in [0.2, 0.25) is 0 Å². The Labute approximate surface area is 118 Å². The number of nitrogens with one attached hydrogen (secondary N) is 1. The highest BCUT2D eigenvalue weighted by Crippen LogP contribution is 2.14. The van der Waals surface area contributed by atoms with Crippen LogP contribution in [0.3, 0.4) is 0 Å². The summed E-state index contributed by atoms with van der Waals surface area (Å²) in [7, 11) is 0. The lowest BCUT2D eigenvalue weighted by atomic mass is 10.1. The van der Waals surface area contributed by atoms with Gasteiger partial charge < -0.3 is 10.1 Å². The maximum absolute atomic E-state index is 12.0. The van der Waals surface area contributed by atoms with Crippen LogP contribution in [0.25, 0.3) is 10.4 Å². The molecule has 1 unspecified atom stereocenters. The molecule has 0 radical (unpaired) electrons.